The van der Waals surface area contributed by atoms with Gasteiger partial charge in [-0.05, 0) is 51.9 Å². The lowest BCUT2D eigenvalue weighted by molar-refractivity contribution is 0.784. The lowest BCUT2D eigenvalue weighted by atomic mass is 9.70. The van der Waals surface area contributed by atoms with E-state index in [9.17, 15) is 0 Å². The van der Waals surface area contributed by atoms with Crippen molar-refractivity contribution in [2.75, 3.05) is 18.5 Å². The number of fused-ring (bicyclic) bond motifs is 10. The fourth-order valence-electron chi connectivity index (χ4n) is 5.62. The summed E-state index contributed by atoms with van der Waals surface area (Å²) in [6, 6.07) is 33.8. The van der Waals surface area contributed by atoms with E-state index in [0.717, 1.165) is 6.54 Å². The molecule has 4 aromatic rings. The zero-order valence-corrected chi connectivity index (χ0v) is 16.8. The quantitative estimate of drug-likeness (QED) is 0.335. The first kappa shape index (κ1) is 16.6. The minimum Gasteiger partial charge on any atom is -0.375 e. The Bertz CT molecular complexity index is 1200. The third kappa shape index (κ3) is 1.90. The predicted octanol–water partition coefficient (Wildman–Crippen LogP) is 6.49. The van der Waals surface area contributed by atoms with Crippen LogP contribution < -0.4 is 4.90 Å². The highest BCUT2D eigenvalue weighted by Gasteiger charge is 2.52. The van der Waals surface area contributed by atoms with Crippen LogP contribution in [0.25, 0.3) is 22.3 Å². The van der Waals surface area contributed by atoms with Gasteiger partial charge in [0.15, 0.2) is 0 Å². The SMILES string of the molecule is CCN(C)c1cccc2c1C1(c3ccccc3-c3ccccc31)c1ccccc1-2. The second kappa shape index (κ2) is 5.84. The van der Waals surface area contributed by atoms with Crippen LogP contribution in [0.5, 0.6) is 0 Å². The Morgan fingerprint density at radius 2 is 1.03 bits per heavy atom. The van der Waals surface area contributed by atoms with Crippen LogP contribution in [0, 0.1) is 0 Å². The summed E-state index contributed by atoms with van der Waals surface area (Å²) in [7, 11) is 2.21. The van der Waals surface area contributed by atoms with Gasteiger partial charge in [-0.25, -0.2) is 0 Å². The normalized spacial score (nSPS) is 14.3. The fraction of sp³-hybridized carbons (Fsp3) is 0.143. The molecule has 0 heterocycles. The molecular weight excluding hydrogens is 350 g/mol. The maximum atomic E-state index is 2.38. The van der Waals surface area contributed by atoms with E-state index in [0.29, 0.717) is 0 Å². The van der Waals surface area contributed by atoms with Crippen LogP contribution >= 0.6 is 0 Å². The van der Waals surface area contributed by atoms with E-state index >= 15 is 0 Å². The molecule has 140 valence electrons. The molecule has 2 aliphatic carbocycles. The summed E-state index contributed by atoms with van der Waals surface area (Å²) in [6.45, 7) is 3.21. The molecule has 1 nitrogen and oxygen atoms in total. The van der Waals surface area contributed by atoms with Gasteiger partial charge in [0.25, 0.3) is 0 Å². The molecule has 6 rings (SSSR count). The average molecular weight is 373 g/mol. The number of anilines is 1. The van der Waals surface area contributed by atoms with Crippen molar-refractivity contribution in [3.05, 3.63) is 113 Å². The summed E-state index contributed by atoms with van der Waals surface area (Å²) < 4.78 is 0. The summed E-state index contributed by atoms with van der Waals surface area (Å²) >= 11 is 0. The fourth-order valence-corrected chi connectivity index (χ4v) is 5.62. The van der Waals surface area contributed by atoms with Gasteiger partial charge < -0.3 is 4.90 Å². The van der Waals surface area contributed by atoms with Gasteiger partial charge in [-0.3, -0.25) is 0 Å². The molecule has 29 heavy (non-hydrogen) atoms. The Labute approximate surface area is 172 Å². The van der Waals surface area contributed by atoms with Crippen LogP contribution in [0.1, 0.15) is 29.2 Å². The minimum absolute atomic E-state index is 0.251. The maximum Gasteiger partial charge on any atom is 0.0745 e. The summed E-state index contributed by atoms with van der Waals surface area (Å²) in [5, 5.41) is 0. The molecule has 0 saturated carbocycles. The molecule has 1 spiro atoms. The smallest absolute Gasteiger partial charge is 0.0745 e. The zero-order chi connectivity index (χ0) is 19.6. The summed E-state index contributed by atoms with van der Waals surface area (Å²) in [5.74, 6) is 0. The van der Waals surface area contributed by atoms with E-state index in [1.807, 2.05) is 0 Å². The van der Waals surface area contributed by atoms with Crippen LogP contribution in [0.2, 0.25) is 0 Å². The summed E-state index contributed by atoms with van der Waals surface area (Å²) in [5.41, 5.74) is 12.2. The highest BCUT2D eigenvalue weighted by Crippen LogP contribution is 2.64. The van der Waals surface area contributed by atoms with Crippen molar-refractivity contribution in [1.82, 2.24) is 0 Å². The second-order valence-corrected chi connectivity index (χ2v) is 8.10. The van der Waals surface area contributed by atoms with Crippen molar-refractivity contribution in [3.63, 3.8) is 0 Å². The van der Waals surface area contributed by atoms with Crippen LogP contribution in [0.15, 0.2) is 91.0 Å². The highest BCUT2D eigenvalue weighted by molar-refractivity contribution is 5.97. The third-order valence-corrected chi connectivity index (χ3v) is 6.88. The molecule has 4 aromatic carbocycles. The van der Waals surface area contributed by atoms with E-state index in [1.165, 1.54) is 50.2 Å². The van der Waals surface area contributed by atoms with Crippen LogP contribution in [-0.4, -0.2) is 13.6 Å². The van der Waals surface area contributed by atoms with E-state index in [1.54, 1.807) is 0 Å². The number of rotatable bonds is 2. The highest BCUT2D eigenvalue weighted by atomic mass is 15.1. The molecule has 0 aromatic heterocycles. The van der Waals surface area contributed by atoms with Gasteiger partial charge >= 0.3 is 0 Å². The predicted molar refractivity (Wildman–Crippen MR) is 122 cm³/mol. The van der Waals surface area contributed by atoms with Gasteiger partial charge in [0.05, 0.1) is 5.41 Å². The van der Waals surface area contributed by atoms with Crippen molar-refractivity contribution < 1.29 is 0 Å². The largest absolute Gasteiger partial charge is 0.375 e. The molecule has 0 fully saturated rings. The van der Waals surface area contributed by atoms with Crippen molar-refractivity contribution in [2.45, 2.75) is 12.3 Å². The van der Waals surface area contributed by atoms with E-state index in [-0.39, 0.29) is 5.41 Å². The number of benzene rings is 4. The summed E-state index contributed by atoms with van der Waals surface area (Å²) in [6.07, 6.45) is 0. The molecule has 2 aliphatic rings. The van der Waals surface area contributed by atoms with Crippen LogP contribution in [0.4, 0.5) is 5.69 Å². The Morgan fingerprint density at radius 3 is 1.55 bits per heavy atom. The molecule has 0 N–H and O–H groups in total. The number of hydrogen-bond acceptors (Lipinski definition) is 1. The second-order valence-electron chi connectivity index (χ2n) is 8.10. The Morgan fingerprint density at radius 1 is 0.586 bits per heavy atom. The van der Waals surface area contributed by atoms with Crippen LogP contribution in [0.3, 0.4) is 0 Å². The first-order chi connectivity index (χ1) is 14.3. The van der Waals surface area contributed by atoms with Crippen LogP contribution in [-0.2, 0) is 5.41 Å². The topological polar surface area (TPSA) is 3.24 Å². The van der Waals surface area contributed by atoms with Gasteiger partial charge in [-0.1, -0.05) is 84.9 Å². The molecule has 0 saturated heterocycles. The number of nitrogens with zero attached hydrogens (tertiary/aromatic N) is 1. The van der Waals surface area contributed by atoms with Crippen molar-refractivity contribution in [3.8, 4) is 22.3 Å². The third-order valence-electron chi connectivity index (χ3n) is 6.88. The maximum absolute atomic E-state index is 2.38. The van der Waals surface area contributed by atoms with E-state index in [2.05, 4.69) is 110 Å². The molecule has 0 unspecified atom stereocenters. The lowest BCUT2D eigenvalue weighted by Gasteiger charge is -2.34. The van der Waals surface area contributed by atoms with Gasteiger partial charge in [0.1, 0.15) is 0 Å². The van der Waals surface area contributed by atoms with Gasteiger partial charge in [0, 0.05) is 24.8 Å². The van der Waals surface area contributed by atoms with Crippen molar-refractivity contribution in [1.29, 1.82) is 0 Å². The molecule has 0 radical (unpaired) electrons. The molecule has 0 atom stereocenters. The van der Waals surface area contributed by atoms with E-state index < -0.39 is 0 Å². The first-order valence-electron chi connectivity index (χ1n) is 10.4. The Kier molecular flexibility index (Phi) is 3.35. The summed E-state index contributed by atoms with van der Waals surface area (Å²) in [4.78, 5) is 2.38. The lowest BCUT2D eigenvalue weighted by Crippen LogP contribution is -2.29. The Hall–Kier alpha value is -3.32. The Balaban J connectivity index is 1.86. The minimum atomic E-state index is -0.251. The molecular formula is C28H23N. The van der Waals surface area contributed by atoms with Gasteiger partial charge in [-0.15, -0.1) is 0 Å². The molecule has 0 amide bonds. The first-order valence-corrected chi connectivity index (χ1v) is 10.4. The van der Waals surface area contributed by atoms with Gasteiger partial charge in [-0.2, -0.15) is 0 Å². The molecule has 1 heteroatoms. The number of hydrogen-bond donors (Lipinski definition) is 0. The average Bonchev–Trinajstić information content (AvgIpc) is 3.26. The van der Waals surface area contributed by atoms with Gasteiger partial charge in [0.2, 0.25) is 0 Å². The molecule has 0 bridgehead atoms. The molecule has 0 aliphatic heterocycles. The van der Waals surface area contributed by atoms with Crippen molar-refractivity contribution >= 4 is 5.69 Å². The van der Waals surface area contributed by atoms with E-state index in [4.69, 9.17) is 0 Å². The monoisotopic (exact) mass is 373 g/mol. The zero-order valence-electron chi connectivity index (χ0n) is 16.8. The van der Waals surface area contributed by atoms with Crippen molar-refractivity contribution in [2.24, 2.45) is 0 Å². The standard InChI is InChI=1S/C28H23N/c1-3-29(2)26-18-10-14-22-21-13-6-9-17-25(21)28(27(22)26)23-15-7-4-11-19(23)20-12-5-8-16-24(20)28/h4-18H,3H2,1-2H3.